The van der Waals surface area contributed by atoms with Crippen LogP contribution >= 0.6 is 0 Å². The number of aryl methyl sites for hydroxylation is 1. The molecule has 0 fully saturated rings. The molecule has 0 bridgehead atoms. The minimum Gasteiger partial charge on any atom is -0.355 e. The van der Waals surface area contributed by atoms with Gasteiger partial charge in [0.05, 0.1) is 6.54 Å². The van der Waals surface area contributed by atoms with E-state index >= 15 is 0 Å². The van der Waals surface area contributed by atoms with E-state index in [1.807, 2.05) is 12.1 Å². The number of amides is 1. The summed E-state index contributed by atoms with van der Waals surface area (Å²) in [6.07, 6.45) is 0.823. The molecule has 25 heavy (non-hydrogen) atoms. The molecule has 1 amide bonds. The van der Waals surface area contributed by atoms with Gasteiger partial charge in [0, 0.05) is 12.6 Å². The highest BCUT2D eigenvalue weighted by molar-refractivity contribution is 5.78. The lowest BCUT2D eigenvalue weighted by molar-refractivity contribution is -0.120. The molecule has 0 aliphatic rings. The van der Waals surface area contributed by atoms with E-state index in [4.69, 9.17) is 0 Å². The number of rotatable bonds is 8. The van der Waals surface area contributed by atoms with Gasteiger partial charge < -0.3 is 10.6 Å². The maximum absolute atomic E-state index is 13.1. The topological polar surface area (TPSA) is 41.1 Å². The molecule has 1 atom stereocenters. The van der Waals surface area contributed by atoms with Gasteiger partial charge in [0.15, 0.2) is 0 Å². The first-order chi connectivity index (χ1) is 12.0. The molecule has 2 aromatic carbocycles. The zero-order chi connectivity index (χ0) is 18.2. The molecule has 0 aliphatic heterocycles. The third-order valence-corrected chi connectivity index (χ3v) is 4.36. The van der Waals surface area contributed by atoms with Gasteiger partial charge in [-0.2, -0.15) is 0 Å². The van der Waals surface area contributed by atoms with Crippen molar-refractivity contribution in [3.05, 3.63) is 71.0 Å². The van der Waals surface area contributed by atoms with Crippen molar-refractivity contribution in [1.29, 1.82) is 0 Å². The highest BCUT2D eigenvalue weighted by Gasteiger charge is 2.16. The van der Waals surface area contributed by atoms with Gasteiger partial charge in [-0.25, -0.2) is 4.39 Å². The zero-order valence-corrected chi connectivity index (χ0v) is 15.2. The lowest BCUT2D eigenvalue weighted by atomic mass is 9.96. The van der Waals surface area contributed by atoms with Gasteiger partial charge >= 0.3 is 0 Å². The summed E-state index contributed by atoms with van der Waals surface area (Å²) in [7, 11) is 0. The van der Waals surface area contributed by atoms with Crippen molar-refractivity contribution in [2.45, 2.75) is 33.2 Å². The first kappa shape index (κ1) is 19.1. The molecule has 134 valence electrons. The highest BCUT2D eigenvalue weighted by atomic mass is 19.1. The number of nitrogens with one attached hydrogen (secondary N) is 2. The zero-order valence-electron chi connectivity index (χ0n) is 15.2. The average Bonchev–Trinajstić information content (AvgIpc) is 2.58. The van der Waals surface area contributed by atoms with E-state index in [-0.39, 0.29) is 24.3 Å². The van der Waals surface area contributed by atoms with E-state index in [0.29, 0.717) is 12.5 Å². The monoisotopic (exact) mass is 342 g/mol. The second kappa shape index (κ2) is 9.33. The molecule has 0 spiro atoms. The van der Waals surface area contributed by atoms with Gasteiger partial charge in [-0.1, -0.05) is 50.2 Å². The van der Waals surface area contributed by atoms with Crippen LogP contribution in [0.3, 0.4) is 0 Å². The van der Waals surface area contributed by atoms with Crippen molar-refractivity contribution in [3.8, 4) is 0 Å². The molecule has 3 nitrogen and oxygen atoms in total. The molecular formula is C21H27FN2O. The Bertz CT molecular complexity index is 683. The SMILES string of the molecule is Cc1ccccc1CCNC(=O)CN[C@H](c1ccc(F)cc1)C(C)C. The Morgan fingerprint density at radius 3 is 2.40 bits per heavy atom. The van der Waals surface area contributed by atoms with Crippen molar-refractivity contribution in [2.75, 3.05) is 13.1 Å². The maximum Gasteiger partial charge on any atom is 0.233 e. The van der Waals surface area contributed by atoms with Gasteiger partial charge in [-0.3, -0.25) is 4.79 Å². The van der Waals surface area contributed by atoms with Crippen LogP contribution in [-0.2, 0) is 11.2 Å². The fourth-order valence-corrected chi connectivity index (χ4v) is 2.90. The second-order valence-corrected chi connectivity index (χ2v) is 6.68. The van der Waals surface area contributed by atoms with E-state index < -0.39 is 0 Å². The van der Waals surface area contributed by atoms with E-state index in [9.17, 15) is 9.18 Å². The number of benzene rings is 2. The molecule has 0 heterocycles. The average molecular weight is 342 g/mol. The van der Waals surface area contributed by atoms with Crippen molar-refractivity contribution in [3.63, 3.8) is 0 Å². The number of halogens is 1. The smallest absolute Gasteiger partial charge is 0.233 e. The summed E-state index contributed by atoms with van der Waals surface area (Å²) in [6, 6.07) is 14.7. The molecule has 0 radical (unpaired) electrons. The molecule has 2 N–H and O–H groups in total. The Kier molecular flexibility index (Phi) is 7.14. The molecule has 4 heteroatoms. The van der Waals surface area contributed by atoms with Crippen LogP contribution in [0.25, 0.3) is 0 Å². The number of hydrogen-bond acceptors (Lipinski definition) is 2. The molecule has 0 saturated carbocycles. The van der Waals surface area contributed by atoms with Gasteiger partial charge in [-0.05, 0) is 48.1 Å². The van der Waals surface area contributed by atoms with Crippen LogP contribution in [0.15, 0.2) is 48.5 Å². The Hall–Kier alpha value is -2.20. The molecule has 2 rings (SSSR count). The van der Waals surface area contributed by atoms with E-state index in [1.54, 1.807) is 12.1 Å². The fraction of sp³-hybridized carbons (Fsp3) is 0.381. The van der Waals surface area contributed by atoms with Crippen molar-refractivity contribution in [2.24, 2.45) is 5.92 Å². The third-order valence-electron chi connectivity index (χ3n) is 4.36. The first-order valence-electron chi connectivity index (χ1n) is 8.77. The largest absolute Gasteiger partial charge is 0.355 e. The van der Waals surface area contributed by atoms with Crippen LogP contribution in [0.4, 0.5) is 4.39 Å². The Morgan fingerprint density at radius 2 is 1.76 bits per heavy atom. The van der Waals surface area contributed by atoms with E-state index in [1.165, 1.54) is 23.3 Å². The Morgan fingerprint density at radius 1 is 1.08 bits per heavy atom. The van der Waals surface area contributed by atoms with Gasteiger partial charge in [0.25, 0.3) is 0 Å². The number of carbonyl (C=O) groups excluding carboxylic acids is 1. The summed E-state index contributed by atoms with van der Waals surface area (Å²) in [6.45, 7) is 7.10. The molecule has 0 unspecified atom stereocenters. The van der Waals surface area contributed by atoms with Crippen LogP contribution in [0.5, 0.6) is 0 Å². The van der Waals surface area contributed by atoms with Crippen molar-refractivity contribution < 1.29 is 9.18 Å². The van der Waals surface area contributed by atoms with Crippen LogP contribution in [0, 0.1) is 18.7 Å². The summed E-state index contributed by atoms with van der Waals surface area (Å²) < 4.78 is 13.1. The van der Waals surface area contributed by atoms with Crippen molar-refractivity contribution in [1.82, 2.24) is 10.6 Å². The van der Waals surface area contributed by atoms with Gasteiger partial charge in [0.2, 0.25) is 5.91 Å². The molecular weight excluding hydrogens is 315 g/mol. The number of carbonyl (C=O) groups is 1. The minimum atomic E-state index is -0.250. The number of hydrogen-bond donors (Lipinski definition) is 2. The standard InChI is InChI=1S/C21H27FN2O/c1-15(2)21(18-8-10-19(22)11-9-18)24-14-20(25)23-13-12-17-7-5-4-6-16(17)3/h4-11,15,21,24H,12-14H2,1-3H3,(H,23,25)/t21-/m0/s1. The Labute approximate surface area is 149 Å². The summed E-state index contributed by atoms with van der Waals surface area (Å²) in [5.41, 5.74) is 3.48. The summed E-state index contributed by atoms with van der Waals surface area (Å²) >= 11 is 0. The van der Waals surface area contributed by atoms with E-state index in [0.717, 1.165) is 12.0 Å². The fourth-order valence-electron chi connectivity index (χ4n) is 2.90. The van der Waals surface area contributed by atoms with Crippen LogP contribution < -0.4 is 10.6 Å². The minimum absolute atomic E-state index is 0.0164. The highest BCUT2D eigenvalue weighted by Crippen LogP contribution is 2.21. The third kappa shape index (κ3) is 5.98. The molecule has 0 aliphatic carbocycles. The second-order valence-electron chi connectivity index (χ2n) is 6.68. The predicted octanol–water partition coefficient (Wildman–Crippen LogP) is 3.78. The molecule has 0 aromatic heterocycles. The summed E-state index contributed by atoms with van der Waals surface area (Å²) in [5.74, 6) is 0.0202. The first-order valence-corrected chi connectivity index (χ1v) is 8.77. The van der Waals surface area contributed by atoms with Crippen LogP contribution in [-0.4, -0.2) is 19.0 Å². The lowest BCUT2D eigenvalue weighted by Crippen LogP contribution is -2.38. The maximum atomic E-state index is 13.1. The van der Waals surface area contributed by atoms with E-state index in [2.05, 4.69) is 43.5 Å². The van der Waals surface area contributed by atoms with Gasteiger partial charge in [-0.15, -0.1) is 0 Å². The molecule has 0 saturated heterocycles. The molecule has 2 aromatic rings. The lowest BCUT2D eigenvalue weighted by Gasteiger charge is -2.23. The summed E-state index contributed by atoms with van der Waals surface area (Å²) in [5, 5.41) is 6.23. The quantitative estimate of drug-likeness (QED) is 0.766. The normalized spacial score (nSPS) is 12.2. The van der Waals surface area contributed by atoms with Crippen LogP contribution in [0.2, 0.25) is 0 Å². The predicted molar refractivity (Wildman–Crippen MR) is 99.9 cm³/mol. The Balaban J connectivity index is 1.81. The summed E-state index contributed by atoms with van der Waals surface area (Å²) in [4.78, 5) is 12.1. The van der Waals surface area contributed by atoms with Gasteiger partial charge in [0.1, 0.15) is 5.82 Å². The van der Waals surface area contributed by atoms with Crippen LogP contribution in [0.1, 0.15) is 36.6 Å². The van der Waals surface area contributed by atoms with Crippen molar-refractivity contribution >= 4 is 5.91 Å².